The summed E-state index contributed by atoms with van der Waals surface area (Å²) < 4.78 is 0. The van der Waals surface area contributed by atoms with Gasteiger partial charge in [-0.05, 0) is 12.1 Å². The van der Waals surface area contributed by atoms with Crippen LogP contribution in [-0.2, 0) is 0 Å². The van der Waals surface area contributed by atoms with E-state index < -0.39 is 0 Å². The number of benzene rings is 1. The Labute approximate surface area is 88.6 Å². The summed E-state index contributed by atoms with van der Waals surface area (Å²) >= 11 is 0. The third kappa shape index (κ3) is 9.01. The minimum atomic E-state index is 0.0880. The summed E-state index contributed by atoms with van der Waals surface area (Å²) in [6, 6.07) is 5.85. The van der Waals surface area contributed by atoms with Gasteiger partial charge in [0.05, 0.1) is 13.2 Å². The zero-order valence-electron chi connectivity index (χ0n) is 8.43. The minimum absolute atomic E-state index is 0.0880. The number of phenolic OH excluding ortho intramolecular Hbond substituents is 2. The van der Waals surface area contributed by atoms with Gasteiger partial charge in [0, 0.05) is 19.2 Å². The van der Waals surface area contributed by atoms with E-state index in [4.69, 9.17) is 20.4 Å². The topological polar surface area (TPSA) is 93.0 Å². The molecule has 0 aliphatic heterocycles. The van der Waals surface area contributed by atoms with Crippen molar-refractivity contribution in [2.24, 2.45) is 0 Å². The van der Waals surface area contributed by atoms with E-state index in [1.807, 2.05) is 0 Å². The van der Waals surface area contributed by atoms with Crippen LogP contribution in [0, 0.1) is 0 Å². The Morgan fingerprint density at radius 1 is 0.933 bits per heavy atom. The summed E-state index contributed by atoms with van der Waals surface area (Å²) in [5.74, 6) is 0.176. The molecule has 5 N–H and O–H groups in total. The van der Waals surface area contributed by atoms with Crippen LogP contribution in [0.2, 0.25) is 0 Å². The van der Waals surface area contributed by atoms with Crippen LogP contribution < -0.4 is 5.32 Å². The predicted octanol–water partition coefficient (Wildman–Crippen LogP) is -0.342. The molecule has 0 saturated carbocycles. The van der Waals surface area contributed by atoms with Gasteiger partial charge in [-0.25, -0.2) is 0 Å². The van der Waals surface area contributed by atoms with Gasteiger partial charge >= 0.3 is 0 Å². The Morgan fingerprint density at radius 2 is 1.40 bits per heavy atom. The maximum absolute atomic E-state index is 8.65. The molecule has 5 nitrogen and oxygen atoms in total. The molecule has 0 aliphatic rings. The average molecular weight is 215 g/mol. The number of phenols is 2. The highest BCUT2D eigenvalue weighted by molar-refractivity contribution is 5.30. The standard InChI is InChI=1S/C6H6O2.C4H11NO2/c7-5-2-1-3-6(8)4-5;6-3-1-5-2-4-7/h1-4,7-8H;5-7H,1-4H2. The Hall–Kier alpha value is -1.30. The first-order valence-electron chi connectivity index (χ1n) is 4.61. The van der Waals surface area contributed by atoms with Crippen molar-refractivity contribution in [2.75, 3.05) is 26.3 Å². The lowest BCUT2D eigenvalue weighted by molar-refractivity contribution is 0.266. The second-order valence-electron chi connectivity index (χ2n) is 2.72. The first-order valence-corrected chi connectivity index (χ1v) is 4.61. The van der Waals surface area contributed by atoms with Crippen LogP contribution in [0.25, 0.3) is 0 Å². The summed E-state index contributed by atoms with van der Waals surface area (Å²) in [5, 5.41) is 36.4. The van der Waals surface area contributed by atoms with Crippen molar-refractivity contribution in [1.82, 2.24) is 5.32 Å². The molecule has 0 amide bonds. The first kappa shape index (κ1) is 13.7. The Balaban J connectivity index is 0.000000265. The molecule has 0 aromatic heterocycles. The van der Waals surface area contributed by atoms with Gasteiger partial charge in [-0.3, -0.25) is 0 Å². The van der Waals surface area contributed by atoms with E-state index >= 15 is 0 Å². The number of aliphatic hydroxyl groups is 2. The molecule has 0 fully saturated rings. The molecular weight excluding hydrogens is 198 g/mol. The van der Waals surface area contributed by atoms with Crippen molar-refractivity contribution < 1.29 is 20.4 Å². The minimum Gasteiger partial charge on any atom is -0.508 e. The van der Waals surface area contributed by atoms with E-state index in [1.165, 1.54) is 18.2 Å². The van der Waals surface area contributed by atoms with Gasteiger partial charge in [0.25, 0.3) is 0 Å². The molecule has 0 aliphatic carbocycles. The Morgan fingerprint density at radius 3 is 1.67 bits per heavy atom. The largest absolute Gasteiger partial charge is 0.508 e. The lowest BCUT2D eigenvalue weighted by atomic mass is 10.3. The summed E-state index contributed by atoms with van der Waals surface area (Å²) in [6.45, 7) is 1.42. The molecule has 0 saturated heterocycles. The highest BCUT2D eigenvalue weighted by Crippen LogP contribution is 2.14. The molecule has 15 heavy (non-hydrogen) atoms. The Bertz CT molecular complexity index is 234. The van der Waals surface area contributed by atoms with Gasteiger partial charge in [-0.15, -0.1) is 0 Å². The highest BCUT2D eigenvalue weighted by Gasteiger charge is 1.85. The molecule has 5 heteroatoms. The van der Waals surface area contributed by atoms with Crippen molar-refractivity contribution in [3.05, 3.63) is 24.3 Å². The molecule has 0 spiro atoms. The van der Waals surface area contributed by atoms with Gasteiger partial charge in [-0.1, -0.05) is 6.07 Å². The molecule has 1 rings (SSSR count). The van der Waals surface area contributed by atoms with Crippen LogP contribution in [0.3, 0.4) is 0 Å². The molecule has 1 aromatic rings. The number of hydrogen-bond donors (Lipinski definition) is 5. The van der Waals surface area contributed by atoms with E-state index in [0.717, 1.165) is 0 Å². The molecule has 0 radical (unpaired) electrons. The maximum atomic E-state index is 8.65. The van der Waals surface area contributed by atoms with E-state index in [9.17, 15) is 0 Å². The van der Waals surface area contributed by atoms with Gasteiger partial charge in [-0.2, -0.15) is 0 Å². The number of aromatic hydroxyl groups is 2. The monoisotopic (exact) mass is 215 g/mol. The normalized spacial score (nSPS) is 9.20. The quantitative estimate of drug-likeness (QED) is 0.443. The molecule has 86 valence electrons. The Kier molecular flexibility index (Phi) is 8.46. The summed E-state index contributed by atoms with van der Waals surface area (Å²) in [4.78, 5) is 0. The van der Waals surface area contributed by atoms with E-state index in [2.05, 4.69) is 5.32 Å². The third-order valence-electron chi connectivity index (χ3n) is 1.41. The molecule has 0 unspecified atom stereocenters. The fourth-order valence-corrected chi connectivity index (χ4v) is 0.776. The zero-order chi connectivity index (χ0) is 11.5. The molecule has 1 aromatic carbocycles. The molecule has 0 atom stereocenters. The number of hydrogen-bond acceptors (Lipinski definition) is 5. The second-order valence-corrected chi connectivity index (χ2v) is 2.72. The fraction of sp³-hybridized carbons (Fsp3) is 0.400. The van der Waals surface area contributed by atoms with Crippen molar-refractivity contribution in [3.63, 3.8) is 0 Å². The number of rotatable bonds is 4. The van der Waals surface area contributed by atoms with Crippen LogP contribution in [0.4, 0.5) is 0 Å². The number of aliphatic hydroxyl groups excluding tert-OH is 2. The van der Waals surface area contributed by atoms with Crippen LogP contribution in [0.1, 0.15) is 0 Å². The van der Waals surface area contributed by atoms with Crippen molar-refractivity contribution >= 4 is 0 Å². The average Bonchev–Trinajstić information content (AvgIpc) is 2.19. The van der Waals surface area contributed by atoms with Crippen LogP contribution in [0.5, 0.6) is 11.5 Å². The smallest absolute Gasteiger partial charge is 0.119 e. The zero-order valence-corrected chi connectivity index (χ0v) is 8.43. The lowest BCUT2D eigenvalue weighted by Crippen LogP contribution is -2.21. The van der Waals surface area contributed by atoms with Gasteiger partial charge in [0.1, 0.15) is 11.5 Å². The fourth-order valence-electron chi connectivity index (χ4n) is 0.776. The van der Waals surface area contributed by atoms with E-state index in [-0.39, 0.29) is 24.7 Å². The van der Waals surface area contributed by atoms with Crippen molar-refractivity contribution in [2.45, 2.75) is 0 Å². The number of nitrogens with one attached hydrogen (secondary N) is 1. The molecule has 0 bridgehead atoms. The van der Waals surface area contributed by atoms with Crippen molar-refractivity contribution in [1.29, 1.82) is 0 Å². The van der Waals surface area contributed by atoms with Crippen LogP contribution >= 0.6 is 0 Å². The van der Waals surface area contributed by atoms with Crippen molar-refractivity contribution in [3.8, 4) is 11.5 Å². The van der Waals surface area contributed by atoms with E-state index in [0.29, 0.717) is 13.1 Å². The third-order valence-corrected chi connectivity index (χ3v) is 1.41. The van der Waals surface area contributed by atoms with Crippen LogP contribution in [0.15, 0.2) is 24.3 Å². The van der Waals surface area contributed by atoms with Gasteiger partial charge < -0.3 is 25.7 Å². The van der Waals surface area contributed by atoms with Crippen LogP contribution in [-0.4, -0.2) is 46.7 Å². The summed E-state index contributed by atoms with van der Waals surface area (Å²) in [6.07, 6.45) is 0. The lowest BCUT2D eigenvalue weighted by Gasteiger charge is -1.94. The predicted molar refractivity (Wildman–Crippen MR) is 56.8 cm³/mol. The van der Waals surface area contributed by atoms with Gasteiger partial charge in [0.2, 0.25) is 0 Å². The first-order chi connectivity index (χ1) is 7.20. The van der Waals surface area contributed by atoms with E-state index in [1.54, 1.807) is 6.07 Å². The second kappa shape index (κ2) is 9.26. The SMILES string of the molecule is OCCNCCO.Oc1cccc(O)c1. The summed E-state index contributed by atoms with van der Waals surface area (Å²) in [5.41, 5.74) is 0. The summed E-state index contributed by atoms with van der Waals surface area (Å²) in [7, 11) is 0. The molecular formula is C10H17NO4. The highest BCUT2D eigenvalue weighted by atomic mass is 16.3. The van der Waals surface area contributed by atoms with Gasteiger partial charge in [0.15, 0.2) is 0 Å². The molecule has 0 heterocycles. The maximum Gasteiger partial charge on any atom is 0.119 e.